The van der Waals surface area contributed by atoms with Gasteiger partial charge in [0.2, 0.25) is 0 Å². The van der Waals surface area contributed by atoms with Crippen molar-refractivity contribution in [2.45, 2.75) is 12.8 Å². The van der Waals surface area contributed by atoms with Crippen molar-refractivity contribution in [1.29, 1.82) is 0 Å². The van der Waals surface area contributed by atoms with Gasteiger partial charge in [-0.25, -0.2) is 9.78 Å². The maximum absolute atomic E-state index is 11.2. The molecule has 5 nitrogen and oxygen atoms in total. The van der Waals surface area contributed by atoms with Gasteiger partial charge in [-0.15, -0.1) is 0 Å². The molecule has 0 amide bonds. The number of benzene rings is 1. The van der Waals surface area contributed by atoms with E-state index in [1.165, 1.54) is 0 Å². The third-order valence-corrected chi connectivity index (χ3v) is 3.41. The Balaban J connectivity index is 1.98. The van der Waals surface area contributed by atoms with Crippen molar-refractivity contribution in [3.8, 4) is 0 Å². The molecule has 0 spiro atoms. The number of carboxylic acid groups (broad SMARTS) is 1. The minimum absolute atomic E-state index is 0.238. The molecule has 0 aliphatic heterocycles. The van der Waals surface area contributed by atoms with Gasteiger partial charge in [0.05, 0.1) is 17.3 Å². The number of nitrogens with zero attached hydrogens (tertiary/aromatic N) is 2. The summed E-state index contributed by atoms with van der Waals surface area (Å²) < 4.78 is 7.24. The number of carbonyl (C=O) groups is 1. The largest absolute Gasteiger partial charge is 0.478 e. The Morgan fingerprint density at radius 2 is 2.15 bits per heavy atom. The van der Waals surface area contributed by atoms with Crippen molar-refractivity contribution in [1.82, 2.24) is 9.55 Å². The zero-order chi connectivity index (χ0) is 14.1. The van der Waals surface area contributed by atoms with Crippen LogP contribution in [0.5, 0.6) is 0 Å². The number of furan rings is 1. The van der Waals surface area contributed by atoms with Gasteiger partial charge in [-0.05, 0) is 24.3 Å². The van der Waals surface area contributed by atoms with E-state index >= 15 is 0 Å². The average molecular weight is 270 g/mol. The molecular weight excluding hydrogens is 256 g/mol. The van der Waals surface area contributed by atoms with Crippen LogP contribution in [0.4, 0.5) is 0 Å². The first-order valence-electron chi connectivity index (χ1n) is 6.37. The van der Waals surface area contributed by atoms with Gasteiger partial charge in [-0.1, -0.05) is 6.07 Å². The summed E-state index contributed by atoms with van der Waals surface area (Å²) in [7, 11) is 1.90. The molecule has 3 aromatic rings. The van der Waals surface area contributed by atoms with Crippen molar-refractivity contribution in [2.24, 2.45) is 7.05 Å². The number of para-hydroxylation sites is 1. The Bertz CT molecular complexity index is 757. The van der Waals surface area contributed by atoms with Crippen LogP contribution in [0.15, 0.2) is 41.0 Å². The summed E-state index contributed by atoms with van der Waals surface area (Å²) in [5.74, 6) is 0.798. The maximum atomic E-state index is 11.2. The predicted molar refractivity (Wildman–Crippen MR) is 73.8 cm³/mol. The van der Waals surface area contributed by atoms with Crippen molar-refractivity contribution in [3.63, 3.8) is 0 Å². The molecule has 1 aromatic carbocycles. The van der Waals surface area contributed by atoms with Crippen LogP contribution < -0.4 is 0 Å². The van der Waals surface area contributed by atoms with Gasteiger partial charge in [-0.3, -0.25) is 0 Å². The molecule has 0 aliphatic rings. The Hall–Kier alpha value is -2.56. The van der Waals surface area contributed by atoms with E-state index in [-0.39, 0.29) is 5.56 Å². The standard InChI is InChI=1S/C15H14N2O3/c1-17-12-6-2-5-11(15(18)19)14(12)16-13(17)8-7-10-4-3-9-20-10/h2-6,9H,7-8H2,1H3,(H,18,19). The lowest BCUT2D eigenvalue weighted by Crippen LogP contribution is -1.99. The van der Waals surface area contributed by atoms with Crippen molar-refractivity contribution >= 4 is 17.0 Å². The summed E-state index contributed by atoms with van der Waals surface area (Å²) in [5, 5.41) is 9.20. The average Bonchev–Trinajstić information content (AvgIpc) is 3.05. The molecule has 0 fully saturated rings. The zero-order valence-corrected chi connectivity index (χ0v) is 11.0. The number of rotatable bonds is 4. The van der Waals surface area contributed by atoms with E-state index in [4.69, 9.17) is 4.42 Å². The van der Waals surface area contributed by atoms with E-state index in [1.807, 2.05) is 29.8 Å². The lowest BCUT2D eigenvalue weighted by Gasteiger charge is -2.00. The molecule has 0 atom stereocenters. The number of aromatic nitrogens is 2. The zero-order valence-electron chi connectivity index (χ0n) is 11.0. The van der Waals surface area contributed by atoms with E-state index in [2.05, 4.69) is 4.98 Å². The van der Waals surface area contributed by atoms with Crippen molar-refractivity contribution < 1.29 is 14.3 Å². The first-order chi connectivity index (χ1) is 9.66. The predicted octanol–water partition coefficient (Wildman–Crippen LogP) is 2.65. The molecule has 20 heavy (non-hydrogen) atoms. The molecule has 2 heterocycles. The fourth-order valence-electron chi connectivity index (χ4n) is 2.35. The van der Waals surface area contributed by atoms with Crippen LogP contribution in [0.25, 0.3) is 11.0 Å². The highest BCUT2D eigenvalue weighted by molar-refractivity contribution is 6.01. The highest BCUT2D eigenvalue weighted by Gasteiger charge is 2.15. The molecule has 0 radical (unpaired) electrons. The monoisotopic (exact) mass is 270 g/mol. The highest BCUT2D eigenvalue weighted by Crippen LogP contribution is 2.20. The maximum Gasteiger partial charge on any atom is 0.337 e. The van der Waals surface area contributed by atoms with Crippen LogP contribution in [0.1, 0.15) is 21.9 Å². The smallest absolute Gasteiger partial charge is 0.337 e. The second kappa shape index (κ2) is 4.85. The van der Waals surface area contributed by atoms with Crippen molar-refractivity contribution in [3.05, 3.63) is 53.7 Å². The van der Waals surface area contributed by atoms with Crippen LogP contribution >= 0.6 is 0 Å². The van der Waals surface area contributed by atoms with Crippen LogP contribution in [-0.4, -0.2) is 20.6 Å². The van der Waals surface area contributed by atoms with Crippen molar-refractivity contribution in [2.75, 3.05) is 0 Å². The Labute approximate surface area is 115 Å². The molecule has 102 valence electrons. The quantitative estimate of drug-likeness (QED) is 0.791. The third-order valence-electron chi connectivity index (χ3n) is 3.41. The summed E-state index contributed by atoms with van der Waals surface area (Å²) in [4.78, 5) is 15.7. The molecule has 0 saturated carbocycles. The first kappa shape index (κ1) is 12.5. The Morgan fingerprint density at radius 3 is 2.85 bits per heavy atom. The SMILES string of the molecule is Cn1c(CCc2ccco2)nc2c(C(=O)O)cccc21. The summed E-state index contributed by atoms with van der Waals surface area (Å²) in [6, 6.07) is 8.97. The van der Waals surface area contributed by atoms with E-state index in [9.17, 15) is 9.90 Å². The fourth-order valence-corrected chi connectivity index (χ4v) is 2.35. The number of imidazole rings is 1. The highest BCUT2D eigenvalue weighted by atomic mass is 16.4. The number of hydrogen-bond donors (Lipinski definition) is 1. The molecule has 0 saturated heterocycles. The second-order valence-electron chi connectivity index (χ2n) is 4.64. The molecule has 1 N–H and O–H groups in total. The number of fused-ring (bicyclic) bond motifs is 1. The molecule has 5 heteroatoms. The van der Waals surface area contributed by atoms with Gasteiger partial charge in [0, 0.05) is 19.9 Å². The second-order valence-corrected chi connectivity index (χ2v) is 4.64. The minimum atomic E-state index is -0.953. The summed E-state index contributed by atoms with van der Waals surface area (Å²) in [6.45, 7) is 0. The number of aryl methyl sites for hydroxylation is 3. The molecule has 0 bridgehead atoms. The first-order valence-corrected chi connectivity index (χ1v) is 6.37. The van der Waals surface area contributed by atoms with Gasteiger partial charge < -0.3 is 14.1 Å². The van der Waals surface area contributed by atoms with E-state index < -0.39 is 5.97 Å². The number of carboxylic acids is 1. The molecule has 3 rings (SSSR count). The molecule has 0 aliphatic carbocycles. The molecule has 0 unspecified atom stereocenters. The normalized spacial score (nSPS) is 11.1. The minimum Gasteiger partial charge on any atom is -0.478 e. The van der Waals surface area contributed by atoms with Gasteiger partial charge >= 0.3 is 5.97 Å². The van der Waals surface area contributed by atoms with Crippen LogP contribution in [0.2, 0.25) is 0 Å². The number of hydrogen-bond acceptors (Lipinski definition) is 3. The van der Waals surface area contributed by atoms with Gasteiger partial charge in [0.15, 0.2) is 0 Å². The van der Waals surface area contributed by atoms with E-state index in [0.29, 0.717) is 11.9 Å². The lowest BCUT2D eigenvalue weighted by molar-refractivity contribution is 0.0699. The Kier molecular flexibility index (Phi) is 3.02. The van der Waals surface area contributed by atoms with Gasteiger partial charge in [0.1, 0.15) is 17.1 Å². The summed E-state index contributed by atoms with van der Waals surface area (Å²) in [5.41, 5.74) is 1.61. The summed E-state index contributed by atoms with van der Waals surface area (Å²) >= 11 is 0. The lowest BCUT2D eigenvalue weighted by atomic mass is 10.2. The topological polar surface area (TPSA) is 68.3 Å². The Morgan fingerprint density at radius 1 is 1.30 bits per heavy atom. The van der Waals surface area contributed by atoms with Gasteiger partial charge in [-0.2, -0.15) is 0 Å². The van der Waals surface area contributed by atoms with Crippen LogP contribution in [0.3, 0.4) is 0 Å². The third kappa shape index (κ3) is 2.07. The summed E-state index contributed by atoms with van der Waals surface area (Å²) in [6.07, 6.45) is 3.09. The fraction of sp³-hybridized carbons (Fsp3) is 0.200. The van der Waals surface area contributed by atoms with Crippen LogP contribution in [-0.2, 0) is 19.9 Å². The van der Waals surface area contributed by atoms with E-state index in [1.54, 1.807) is 18.4 Å². The van der Waals surface area contributed by atoms with E-state index in [0.717, 1.165) is 23.5 Å². The molecule has 2 aromatic heterocycles. The van der Waals surface area contributed by atoms with Gasteiger partial charge in [0.25, 0.3) is 0 Å². The number of aromatic carboxylic acids is 1. The van der Waals surface area contributed by atoms with Crippen LogP contribution in [0, 0.1) is 0 Å². The molecular formula is C15H14N2O3.